The Balaban J connectivity index is 4.14. The second-order valence-electron chi connectivity index (χ2n) is 16.5. The zero-order valence-corrected chi connectivity index (χ0v) is 38.8. The molecule has 3 atom stereocenters. The van der Waals surface area contributed by atoms with Crippen LogP contribution in [0.1, 0.15) is 167 Å². The number of amides is 3. The van der Waals surface area contributed by atoms with Gasteiger partial charge in [0.15, 0.2) is 5.78 Å². The van der Waals surface area contributed by atoms with Gasteiger partial charge in [-0.25, -0.2) is 4.79 Å². The monoisotopic (exact) mass is 930 g/mol. The van der Waals surface area contributed by atoms with Crippen LogP contribution in [0.4, 0.5) is 0 Å². The molecule has 0 bridgehead atoms. The third-order valence-electron chi connectivity index (χ3n) is 10.6. The molecule has 0 aromatic carbocycles. The topological polar surface area (TPSA) is 298 Å². The number of rotatable bonds is 47. The molecule has 0 saturated heterocycles. The van der Waals surface area contributed by atoms with Crippen LogP contribution in [0.5, 0.6) is 0 Å². The van der Waals surface area contributed by atoms with E-state index in [1.165, 1.54) is 32.1 Å². The maximum atomic E-state index is 12.5. The van der Waals surface area contributed by atoms with E-state index in [-0.39, 0.29) is 109 Å². The van der Waals surface area contributed by atoms with E-state index in [9.17, 15) is 58.5 Å². The molecule has 19 heteroatoms. The van der Waals surface area contributed by atoms with Crippen LogP contribution in [0.3, 0.4) is 0 Å². The largest absolute Gasteiger partial charge is 0.481 e. The molecule has 374 valence electrons. The van der Waals surface area contributed by atoms with Crippen LogP contribution >= 0.6 is 0 Å². The van der Waals surface area contributed by atoms with Gasteiger partial charge in [-0.2, -0.15) is 0 Å². The van der Waals surface area contributed by atoms with Gasteiger partial charge in [0.1, 0.15) is 18.4 Å². The van der Waals surface area contributed by atoms with Crippen LogP contribution in [-0.2, 0) is 57.4 Å². The summed E-state index contributed by atoms with van der Waals surface area (Å²) in [5, 5.41) is 44.8. The first-order valence-corrected chi connectivity index (χ1v) is 23.7. The number of aliphatic carboxylic acids is 4. The molecule has 0 spiro atoms. The maximum Gasteiger partial charge on any atom is 0.326 e. The number of unbranched alkanes of at least 4 members (excludes halogenated alkanes) is 13. The summed E-state index contributed by atoms with van der Waals surface area (Å²) in [7, 11) is 0. The van der Waals surface area contributed by atoms with Crippen LogP contribution in [0, 0.1) is 11.8 Å². The van der Waals surface area contributed by atoms with Crippen molar-refractivity contribution in [3.8, 4) is 0 Å². The van der Waals surface area contributed by atoms with Crippen molar-refractivity contribution in [2.75, 3.05) is 52.7 Å². The Bertz CT molecular complexity index is 1390. The highest BCUT2D eigenvalue weighted by molar-refractivity contribution is 5.87. The van der Waals surface area contributed by atoms with Crippen LogP contribution in [-0.4, -0.2) is 132 Å². The summed E-state index contributed by atoms with van der Waals surface area (Å²) < 4.78 is 15.9. The number of ketones is 2. The molecule has 0 fully saturated rings. The minimum atomic E-state index is -1.39. The highest BCUT2D eigenvalue weighted by Crippen LogP contribution is 2.18. The number of nitrogens with one attached hydrogen (secondary N) is 3. The van der Waals surface area contributed by atoms with Gasteiger partial charge in [-0.05, 0) is 38.5 Å². The fourth-order valence-corrected chi connectivity index (χ4v) is 6.82. The molecule has 0 aliphatic rings. The van der Waals surface area contributed by atoms with E-state index in [0.717, 1.165) is 57.8 Å². The molecular formula is C46H79N3O16. The quantitative estimate of drug-likeness (QED) is 0.0384. The molecule has 7 N–H and O–H groups in total. The Morgan fingerprint density at radius 1 is 0.431 bits per heavy atom. The van der Waals surface area contributed by atoms with Crippen LogP contribution in [0.25, 0.3) is 0 Å². The van der Waals surface area contributed by atoms with Crippen molar-refractivity contribution in [2.45, 2.75) is 173 Å². The van der Waals surface area contributed by atoms with Crippen molar-refractivity contribution in [3.63, 3.8) is 0 Å². The Labute approximate surface area is 384 Å². The maximum absolute atomic E-state index is 12.5. The first kappa shape index (κ1) is 60.5. The summed E-state index contributed by atoms with van der Waals surface area (Å²) in [5.74, 6) is -8.75. The van der Waals surface area contributed by atoms with E-state index in [1.807, 2.05) is 6.92 Å². The lowest BCUT2D eigenvalue weighted by molar-refractivity contribution is -0.145. The molecule has 0 aliphatic carbocycles. The molecule has 0 saturated carbocycles. The summed E-state index contributed by atoms with van der Waals surface area (Å²) in [6.07, 6.45) is 14.6. The summed E-state index contributed by atoms with van der Waals surface area (Å²) in [6, 6.07) is -1.39. The SMILES string of the molecule is CCCOCCNC(=O)CC[C@H](CC(=O)COCCOCCNC(=O)CC[C@H](NC(=O)CC[C@H](CC(=O)CCCCCCCCCCCCCCCCC(=O)O)C(=O)O)C(=O)O)C(=O)O. The van der Waals surface area contributed by atoms with Crippen LogP contribution in [0.15, 0.2) is 0 Å². The normalized spacial score (nSPS) is 12.4. The summed E-state index contributed by atoms with van der Waals surface area (Å²) in [5.41, 5.74) is 0. The molecule has 0 aromatic rings. The lowest BCUT2D eigenvalue weighted by atomic mass is 9.94. The number of carboxylic acid groups (broad SMARTS) is 4. The minimum absolute atomic E-state index is 0.00388. The van der Waals surface area contributed by atoms with E-state index in [0.29, 0.717) is 26.2 Å². The first-order chi connectivity index (χ1) is 31.2. The van der Waals surface area contributed by atoms with Gasteiger partial charge in [-0.15, -0.1) is 0 Å². The molecule has 0 aromatic heterocycles. The molecule has 0 radical (unpaired) electrons. The zero-order valence-electron chi connectivity index (χ0n) is 38.8. The summed E-state index contributed by atoms with van der Waals surface area (Å²) >= 11 is 0. The Hall–Kier alpha value is -4.49. The van der Waals surface area contributed by atoms with Gasteiger partial charge < -0.3 is 50.6 Å². The number of hydrogen-bond acceptors (Lipinski definition) is 12. The van der Waals surface area contributed by atoms with Crippen molar-refractivity contribution in [1.29, 1.82) is 0 Å². The number of carbonyl (C=O) groups excluding carboxylic acids is 5. The van der Waals surface area contributed by atoms with Crippen molar-refractivity contribution < 1.29 is 77.8 Å². The number of ether oxygens (including phenoxy) is 3. The minimum Gasteiger partial charge on any atom is -0.481 e. The fourth-order valence-electron chi connectivity index (χ4n) is 6.82. The van der Waals surface area contributed by atoms with E-state index in [2.05, 4.69) is 16.0 Å². The van der Waals surface area contributed by atoms with Crippen LogP contribution in [0.2, 0.25) is 0 Å². The van der Waals surface area contributed by atoms with E-state index in [4.69, 9.17) is 19.3 Å². The number of carboxylic acids is 4. The Kier molecular flexibility index (Phi) is 38.1. The Morgan fingerprint density at radius 2 is 0.846 bits per heavy atom. The molecule has 0 unspecified atom stereocenters. The summed E-state index contributed by atoms with van der Waals surface area (Å²) in [6.45, 7) is 3.14. The van der Waals surface area contributed by atoms with Crippen molar-refractivity contribution in [3.05, 3.63) is 0 Å². The third kappa shape index (κ3) is 38.5. The molecule has 65 heavy (non-hydrogen) atoms. The standard InChI is InChI=1S/C46H79N3O16/c1-2-27-63-28-25-47-40(52)22-19-36(45(59)60)33-38(51)34-65-31-30-64-29-26-48-41(53)24-21-39(46(61)62)49-42(54)23-20-35(44(57)58)32-37(50)17-15-13-11-9-7-5-3-4-6-8-10-12-14-16-18-43(55)56/h35-36,39H,2-34H2,1H3,(H,47,52)(H,48,53)(H,49,54)(H,55,56)(H,57,58)(H,59,60)(H,61,62)/t35-,36-,39+/m1/s1. The second kappa shape index (κ2) is 41.0. The second-order valence-corrected chi connectivity index (χ2v) is 16.5. The van der Waals surface area contributed by atoms with Gasteiger partial charge in [-0.3, -0.25) is 38.4 Å². The Morgan fingerprint density at radius 3 is 1.31 bits per heavy atom. The average Bonchev–Trinajstić information content (AvgIpc) is 3.25. The number of carbonyl (C=O) groups is 9. The number of hydrogen-bond donors (Lipinski definition) is 7. The third-order valence-corrected chi connectivity index (χ3v) is 10.6. The first-order valence-electron chi connectivity index (χ1n) is 23.7. The van der Waals surface area contributed by atoms with Gasteiger partial charge in [0.05, 0.1) is 38.3 Å². The molecule has 19 nitrogen and oxygen atoms in total. The van der Waals surface area contributed by atoms with E-state index < -0.39 is 59.4 Å². The van der Waals surface area contributed by atoms with Gasteiger partial charge in [0.2, 0.25) is 17.7 Å². The number of Topliss-reactive ketones (excluding diaryl/α,β-unsaturated/α-hetero) is 2. The van der Waals surface area contributed by atoms with E-state index in [1.54, 1.807) is 0 Å². The van der Waals surface area contributed by atoms with Crippen molar-refractivity contribution in [1.82, 2.24) is 16.0 Å². The molecule has 0 heterocycles. The van der Waals surface area contributed by atoms with E-state index >= 15 is 0 Å². The lowest BCUT2D eigenvalue weighted by Gasteiger charge is -2.16. The van der Waals surface area contributed by atoms with Gasteiger partial charge in [0.25, 0.3) is 0 Å². The zero-order chi connectivity index (χ0) is 48.5. The predicted octanol–water partition coefficient (Wildman–Crippen LogP) is 5.23. The smallest absolute Gasteiger partial charge is 0.326 e. The lowest BCUT2D eigenvalue weighted by Crippen LogP contribution is -2.42. The highest BCUT2D eigenvalue weighted by Gasteiger charge is 2.25. The fraction of sp³-hybridized carbons (Fsp3) is 0.804. The van der Waals surface area contributed by atoms with Crippen molar-refractivity contribution >= 4 is 53.2 Å². The average molecular weight is 930 g/mol. The highest BCUT2D eigenvalue weighted by atomic mass is 16.5. The van der Waals surface area contributed by atoms with Gasteiger partial charge >= 0.3 is 23.9 Å². The van der Waals surface area contributed by atoms with Crippen molar-refractivity contribution in [2.24, 2.45) is 11.8 Å². The van der Waals surface area contributed by atoms with Gasteiger partial charge in [-0.1, -0.05) is 84.0 Å². The van der Waals surface area contributed by atoms with Gasteiger partial charge in [0, 0.05) is 64.6 Å². The molecular weight excluding hydrogens is 851 g/mol. The molecule has 0 aliphatic heterocycles. The predicted molar refractivity (Wildman–Crippen MR) is 239 cm³/mol. The molecule has 3 amide bonds. The molecule has 0 rings (SSSR count). The summed E-state index contributed by atoms with van der Waals surface area (Å²) in [4.78, 5) is 107. The van der Waals surface area contributed by atoms with Crippen LogP contribution < -0.4 is 16.0 Å².